The molecule has 164 valence electrons. The average Bonchev–Trinajstić information content (AvgIpc) is 3.07. The van der Waals surface area contributed by atoms with Crippen LogP contribution in [-0.4, -0.2) is 21.7 Å². The van der Waals surface area contributed by atoms with Gasteiger partial charge in [0, 0.05) is 12.4 Å². The number of hydrogen-bond acceptors (Lipinski definition) is 3. The molecule has 2 unspecified atom stereocenters. The number of H-pyrrole nitrogens is 1. The van der Waals surface area contributed by atoms with Crippen LogP contribution in [0.2, 0.25) is 0 Å². The topological polar surface area (TPSA) is 58.2 Å². The van der Waals surface area contributed by atoms with E-state index in [1.54, 1.807) is 17.0 Å². The number of halogens is 1. The lowest BCUT2D eigenvalue weighted by atomic mass is 10.0. The molecule has 5 nitrogen and oxygen atoms in total. The van der Waals surface area contributed by atoms with Gasteiger partial charge >= 0.3 is 6.09 Å². The fraction of sp³-hybridized carbons (Fsp3) is 0.440. The third-order valence-corrected chi connectivity index (χ3v) is 6.26. The normalized spacial score (nSPS) is 20.6. The Morgan fingerprint density at radius 1 is 1.16 bits per heavy atom. The molecule has 1 aromatic carbocycles. The molecule has 31 heavy (non-hydrogen) atoms. The summed E-state index contributed by atoms with van der Waals surface area (Å²) < 4.78 is 19.2. The maximum Gasteiger partial charge on any atom is 0.415 e. The number of aromatic amines is 1. The summed E-state index contributed by atoms with van der Waals surface area (Å²) in [4.78, 5) is 22.9. The highest BCUT2D eigenvalue weighted by atomic mass is 19.1. The molecule has 1 aliphatic carbocycles. The fourth-order valence-corrected chi connectivity index (χ4v) is 4.20. The van der Waals surface area contributed by atoms with Crippen LogP contribution in [0.3, 0.4) is 0 Å². The van der Waals surface area contributed by atoms with Crippen molar-refractivity contribution in [2.45, 2.75) is 53.2 Å². The minimum Gasteiger partial charge on any atom is -0.443 e. The first-order chi connectivity index (χ1) is 14.6. The largest absolute Gasteiger partial charge is 0.443 e. The minimum atomic E-state index is -0.639. The van der Waals surface area contributed by atoms with E-state index in [1.807, 2.05) is 39.2 Å². The Balaban J connectivity index is 1.79. The zero-order valence-corrected chi connectivity index (χ0v) is 18.8. The number of pyridine rings is 1. The van der Waals surface area contributed by atoms with Crippen molar-refractivity contribution in [3.05, 3.63) is 59.7 Å². The van der Waals surface area contributed by atoms with E-state index in [2.05, 4.69) is 23.8 Å². The van der Waals surface area contributed by atoms with Crippen molar-refractivity contribution >= 4 is 22.8 Å². The van der Waals surface area contributed by atoms with Crippen molar-refractivity contribution in [3.63, 3.8) is 0 Å². The first kappa shape index (κ1) is 21.3. The predicted octanol–water partition coefficient (Wildman–Crippen LogP) is 6.09. The first-order valence-electron chi connectivity index (χ1n) is 10.8. The zero-order chi connectivity index (χ0) is 22.3. The van der Waals surface area contributed by atoms with Gasteiger partial charge in [0.05, 0.1) is 23.3 Å². The highest BCUT2D eigenvalue weighted by Crippen LogP contribution is 2.48. The lowest BCUT2D eigenvalue weighted by molar-refractivity contribution is 0.0577. The summed E-state index contributed by atoms with van der Waals surface area (Å²) in [5, 5.41) is 0. The molecule has 2 heterocycles. The molecule has 0 radical (unpaired) electrons. The van der Waals surface area contributed by atoms with Gasteiger partial charge in [-0.1, -0.05) is 26.0 Å². The number of anilines is 1. The molecular weight excluding hydrogens is 393 g/mol. The second kappa shape index (κ2) is 7.98. The monoisotopic (exact) mass is 423 g/mol. The minimum absolute atomic E-state index is 0.274. The molecule has 0 spiro atoms. The maximum absolute atomic E-state index is 13.5. The van der Waals surface area contributed by atoms with Crippen LogP contribution in [0.1, 0.15) is 45.7 Å². The van der Waals surface area contributed by atoms with E-state index in [0.717, 1.165) is 34.3 Å². The molecule has 1 N–H and O–H groups in total. The summed E-state index contributed by atoms with van der Waals surface area (Å²) in [6.45, 7) is 10.4. The molecule has 2 atom stereocenters. The molecular formula is C25H30FN3O2. The molecule has 1 amide bonds. The van der Waals surface area contributed by atoms with E-state index in [1.165, 1.54) is 12.1 Å². The Kier molecular flexibility index (Phi) is 5.50. The third-order valence-electron chi connectivity index (χ3n) is 6.26. The summed E-state index contributed by atoms with van der Waals surface area (Å²) in [6.07, 6.45) is 4.13. The predicted molar refractivity (Wildman–Crippen MR) is 120 cm³/mol. The smallest absolute Gasteiger partial charge is 0.415 e. The SMILES string of the molecule is CC1C(C)C1Cc1cnc2cc[nH]c2c1N(Cc1ccc(F)cc1)C(=O)OC(C)(C)C. The average molecular weight is 424 g/mol. The fourth-order valence-electron chi connectivity index (χ4n) is 4.20. The van der Waals surface area contributed by atoms with Crippen LogP contribution in [0.5, 0.6) is 0 Å². The molecule has 0 aliphatic heterocycles. The summed E-state index contributed by atoms with van der Waals surface area (Å²) >= 11 is 0. The molecule has 2 aromatic heterocycles. The van der Waals surface area contributed by atoms with E-state index in [9.17, 15) is 9.18 Å². The van der Waals surface area contributed by atoms with E-state index in [4.69, 9.17) is 4.74 Å². The number of aromatic nitrogens is 2. The van der Waals surface area contributed by atoms with Gasteiger partial charge in [0.25, 0.3) is 0 Å². The molecule has 6 heteroatoms. The number of carbonyl (C=O) groups excluding carboxylic acids is 1. The number of nitrogens with zero attached hydrogens (tertiary/aromatic N) is 2. The highest BCUT2D eigenvalue weighted by molar-refractivity contribution is 6.00. The van der Waals surface area contributed by atoms with Crippen LogP contribution in [0.15, 0.2) is 42.7 Å². The standard InChI is InChI=1S/C25H30FN3O2/c1-15-16(2)20(15)12-18-13-28-21-10-11-27-22(21)23(18)29(24(30)31-25(3,4)5)14-17-6-8-19(26)9-7-17/h6-11,13,15-16,20,27H,12,14H2,1-5H3. The van der Waals surface area contributed by atoms with Crippen LogP contribution in [0.4, 0.5) is 14.9 Å². The lowest BCUT2D eigenvalue weighted by Crippen LogP contribution is -2.37. The number of nitrogens with one attached hydrogen (secondary N) is 1. The number of ether oxygens (including phenoxy) is 1. The molecule has 3 aromatic rings. The van der Waals surface area contributed by atoms with E-state index < -0.39 is 11.7 Å². The van der Waals surface area contributed by atoms with Gasteiger partial charge in [-0.2, -0.15) is 0 Å². The Labute approximate surface area is 182 Å². The van der Waals surface area contributed by atoms with Crippen molar-refractivity contribution in [2.24, 2.45) is 17.8 Å². The van der Waals surface area contributed by atoms with E-state index in [-0.39, 0.29) is 12.4 Å². The van der Waals surface area contributed by atoms with Crippen molar-refractivity contribution in [3.8, 4) is 0 Å². The molecule has 1 fully saturated rings. The number of rotatable bonds is 5. The molecule has 4 rings (SSSR count). The Morgan fingerprint density at radius 3 is 2.45 bits per heavy atom. The molecule has 1 saturated carbocycles. The van der Waals surface area contributed by atoms with Crippen LogP contribution in [0, 0.1) is 23.6 Å². The number of fused-ring (bicyclic) bond motifs is 1. The summed E-state index contributed by atoms with van der Waals surface area (Å²) in [6, 6.07) is 8.12. The van der Waals surface area contributed by atoms with Crippen LogP contribution < -0.4 is 4.90 Å². The number of benzene rings is 1. The van der Waals surface area contributed by atoms with Crippen molar-refractivity contribution in [1.82, 2.24) is 9.97 Å². The summed E-state index contributed by atoms with van der Waals surface area (Å²) in [5.74, 6) is 1.57. The third kappa shape index (κ3) is 4.58. The summed E-state index contributed by atoms with van der Waals surface area (Å²) in [7, 11) is 0. The van der Waals surface area contributed by atoms with Gasteiger partial charge in [0.1, 0.15) is 11.4 Å². The van der Waals surface area contributed by atoms with Gasteiger partial charge in [0.15, 0.2) is 0 Å². The zero-order valence-electron chi connectivity index (χ0n) is 18.8. The van der Waals surface area contributed by atoms with Crippen molar-refractivity contribution in [2.75, 3.05) is 4.90 Å². The molecule has 0 saturated heterocycles. The molecule has 0 bridgehead atoms. The Hall–Kier alpha value is -2.89. The van der Waals surface area contributed by atoms with Crippen LogP contribution in [0.25, 0.3) is 11.0 Å². The van der Waals surface area contributed by atoms with Gasteiger partial charge in [-0.15, -0.1) is 0 Å². The van der Waals surface area contributed by atoms with E-state index in [0.29, 0.717) is 17.8 Å². The second-order valence-electron chi connectivity index (χ2n) is 9.65. The maximum atomic E-state index is 13.5. The van der Waals surface area contributed by atoms with Gasteiger partial charge in [-0.3, -0.25) is 9.88 Å². The van der Waals surface area contributed by atoms with Gasteiger partial charge in [-0.05, 0) is 74.3 Å². The first-order valence-corrected chi connectivity index (χ1v) is 10.8. The van der Waals surface area contributed by atoms with Crippen LogP contribution in [-0.2, 0) is 17.7 Å². The number of hydrogen-bond donors (Lipinski definition) is 1. The lowest BCUT2D eigenvalue weighted by Gasteiger charge is -2.29. The van der Waals surface area contributed by atoms with Crippen molar-refractivity contribution in [1.29, 1.82) is 0 Å². The van der Waals surface area contributed by atoms with Gasteiger partial charge in [-0.25, -0.2) is 9.18 Å². The van der Waals surface area contributed by atoms with Crippen molar-refractivity contribution < 1.29 is 13.9 Å². The van der Waals surface area contributed by atoms with Gasteiger partial charge in [0.2, 0.25) is 0 Å². The Morgan fingerprint density at radius 2 is 1.84 bits per heavy atom. The Bertz CT molecular complexity index is 1080. The summed E-state index contributed by atoms with van der Waals surface area (Å²) in [5.41, 5.74) is 3.60. The highest BCUT2D eigenvalue weighted by Gasteiger charge is 2.43. The number of amides is 1. The molecule has 1 aliphatic rings. The van der Waals surface area contributed by atoms with Gasteiger partial charge < -0.3 is 9.72 Å². The number of carbonyl (C=O) groups is 1. The van der Waals surface area contributed by atoms with Crippen LogP contribution >= 0.6 is 0 Å². The second-order valence-corrected chi connectivity index (χ2v) is 9.65. The quantitative estimate of drug-likeness (QED) is 0.540. The van der Waals surface area contributed by atoms with E-state index >= 15 is 0 Å².